The van der Waals surface area contributed by atoms with Crippen molar-refractivity contribution in [3.05, 3.63) is 35.4 Å². The number of nitrogens with one attached hydrogen (secondary N) is 1. The fourth-order valence-electron chi connectivity index (χ4n) is 2.82. The smallest absolute Gasteiger partial charge is 0.0948 e. The van der Waals surface area contributed by atoms with Crippen LogP contribution in [-0.4, -0.2) is 18.2 Å². The molecule has 2 heteroatoms. The highest BCUT2D eigenvalue weighted by Gasteiger charge is 2.39. The molecule has 0 amide bonds. The van der Waals surface area contributed by atoms with E-state index in [1.807, 2.05) is 0 Å². The van der Waals surface area contributed by atoms with Gasteiger partial charge in [-0.15, -0.1) is 0 Å². The normalized spacial score (nSPS) is 29.2. The van der Waals surface area contributed by atoms with Gasteiger partial charge < -0.3 is 10.4 Å². The number of hydrogen-bond acceptors (Lipinski definition) is 2. The van der Waals surface area contributed by atoms with Crippen LogP contribution < -0.4 is 5.32 Å². The Kier molecular flexibility index (Phi) is 3.85. The summed E-state index contributed by atoms with van der Waals surface area (Å²) in [6.07, 6.45) is 2.88. The Morgan fingerprint density at radius 3 is 2.59 bits per heavy atom. The highest BCUT2D eigenvalue weighted by molar-refractivity contribution is 5.28. The molecule has 2 atom stereocenters. The van der Waals surface area contributed by atoms with E-state index < -0.39 is 5.60 Å². The van der Waals surface area contributed by atoms with Crippen LogP contribution in [0.5, 0.6) is 0 Å². The molecule has 2 unspecified atom stereocenters. The first kappa shape index (κ1) is 12.6. The van der Waals surface area contributed by atoms with E-state index >= 15 is 0 Å². The molecule has 0 bridgehead atoms. The molecule has 94 valence electrons. The number of piperidine rings is 1. The molecule has 1 aromatic rings. The Bertz CT molecular complexity index is 360. The fraction of sp³-hybridized carbons (Fsp3) is 0.600. The average molecular weight is 233 g/mol. The molecule has 0 saturated carbocycles. The Balaban J connectivity index is 2.27. The van der Waals surface area contributed by atoms with Crippen molar-refractivity contribution in [3.8, 4) is 0 Å². The van der Waals surface area contributed by atoms with Crippen LogP contribution in [0.2, 0.25) is 0 Å². The molecule has 0 aliphatic carbocycles. The lowest BCUT2D eigenvalue weighted by Gasteiger charge is -2.40. The van der Waals surface area contributed by atoms with Crippen LogP contribution >= 0.6 is 0 Å². The first-order chi connectivity index (χ1) is 8.20. The zero-order valence-corrected chi connectivity index (χ0v) is 10.9. The van der Waals surface area contributed by atoms with Crippen LogP contribution in [0.4, 0.5) is 0 Å². The number of aryl methyl sites for hydroxylation is 1. The summed E-state index contributed by atoms with van der Waals surface area (Å²) in [6.45, 7) is 6.14. The molecule has 17 heavy (non-hydrogen) atoms. The van der Waals surface area contributed by atoms with Crippen molar-refractivity contribution in [1.82, 2.24) is 5.32 Å². The van der Waals surface area contributed by atoms with Gasteiger partial charge in [0, 0.05) is 12.5 Å². The largest absolute Gasteiger partial charge is 0.385 e. The van der Waals surface area contributed by atoms with Crippen molar-refractivity contribution in [2.45, 2.75) is 38.7 Å². The molecule has 1 heterocycles. The quantitative estimate of drug-likeness (QED) is 0.840. The molecule has 1 aliphatic heterocycles. The average Bonchev–Trinajstić information content (AvgIpc) is 2.39. The Labute approximate surface area is 104 Å². The maximum Gasteiger partial charge on any atom is 0.0948 e. The topological polar surface area (TPSA) is 32.3 Å². The summed E-state index contributed by atoms with van der Waals surface area (Å²) < 4.78 is 0. The summed E-state index contributed by atoms with van der Waals surface area (Å²) in [5, 5.41) is 14.3. The Hall–Kier alpha value is -0.860. The second kappa shape index (κ2) is 5.19. The minimum atomic E-state index is -0.633. The third-order valence-electron chi connectivity index (χ3n) is 4.10. The fourth-order valence-corrected chi connectivity index (χ4v) is 2.82. The monoisotopic (exact) mass is 233 g/mol. The van der Waals surface area contributed by atoms with Gasteiger partial charge in [0.15, 0.2) is 0 Å². The summed E-state index contributed by atoms with van der Waals surface area (Å²) in [6, 6.07) is 8.49. The minimum Gasteiger partial charge on any atom is -0.385 e. The number of rotatable bonds is 3. The van der Waals surface area contributed by atoms with E-state index in [1.165, 1.54) is 5.56 Å². The lowest BCUT2D eigenvalue weighted by atomic mass is 9.75. The van der Waals surface area contributed by atoms with Gasteiger partial charge in [-0.2, -0.15) is 0 Å². The molecular formula is C15H23NO. The Morgan fingerprint density at radius 2 is 2.00 bits per heavy atom. The Morgan fingerprint density at radius 1 is 1.29 bits per heavy atom. The van der Waals surface area contributed by atoms with Crippen molar-refractivity contribution >= 4 is 0 Å². The van der Waals surface area contributed by atoms with Crippen LogP contribution in [0.1, 0.15) is 37.8 Å². The van der Waals surface area contributed by atoms with Crippen LogP contribution in [0.3, 0.4) is 0 Å². The maximum absolute atomic E-state index is 10.9. The zero-order chi connectivity index (χ0) is 12.3. The second-order valence-electron chi connectivity index (χ2n) is 5.03. The van der Waals surface area contributed by atoms with Gasteiger partial charge in [0.05, 0.1) is 5.60 Å². The summed E-state index contributed by atoms with van der Waals surface area (Å²) in [4.78, 5) is 0. The molecule has 0 radical (unpaired) electrons. The second-order valence-corrected chi connectivity index (χ2v) is 5.03. The summed E-state index contributed by atoms with van der Waals surface area (Å²) in [7, 11) is 0. The predicted octanol–water partition coefficient (Wildman–Crippen LogP) is 2.46. The number of hydrogen-bond donors (Lipinski definition) is 2. The van der Waals surface area contributed by atoms with Gasteiger partial charge in [-0.3, -0.25) is 0 Å². The van der Waals surface area contributed by atoms with E-state index in [9.17, 15) is 5.11 Å². The molecule has 0 spiro atoms. The van der Waals surface area contributed by atoms with E-state index in [1.54, 1.807) is 0 Å². The lowest BCUT2D eigenvalue weighted by molar-refractivity contribution is -0.0478. The van der Waals surface area contributed by atoms with Gasteiger partial charge in [0.25, 0.3) is 0 Å². The van der Waals surface area contributed by atoms with E-state index in [0.717, 1.165) is 37.9 Å². The van der Waals surface area contributed by atoms with Crippen molar-refractivity contribution in [1.29, 1.82) is 0 Å². The van der Waals surface area contributed by atoms with Gasteiger partial charge in [-0.1, -0.05) is 38.1 Å². The van der Waals surface area contributed by atoms with Gasteiger partial charge in [0.2, 0.25) is 0 Å². The zero-order valence-electron chi connectivity index (χ0n) is 10.9. The summed E-state index contributed by atoms with van der Waals surface area (Å²) in [5.41, 5.74) is 1.79. The van der Waals surface area contributed by atoms with Gasteiger partial charge in [-0.25, -0.2) is 0 Å². The maximum atomic E-state index is 10.9. The molecule has 1 aliphatic rings. The first-order valence-corrected chi connectivity index (χ1v) is 6.73. The van der Waals surface area contributed by atoms with Gasteiger partial charge in [0.1, 0.15) is 0 Å². The van der Waals surface area contributed by atoms with Crippen LogP contribution in [0, 0.1) is 5.92 Å². The first-order valence-electron chi connectivity index (χ1n) is 6.73. The molecule has 1 aromatic carbocycles. The van der Waals surface area contributed by atoms with Crippen molar-refractivity contribution in [2.75, 3.05) is 13.1 Å². The minimum absolute atomic E-state index is 0.323. The number of benzene rings is 1. The molecular weight excluding hydrogens is 210 g/mol. The third kappa shape index (κ3) is 2.38. The van der Waals surface area contributed by atoms with E-state index in [2.05, 4.69) is 43.4 Å². The lowest BCUT2D eigenvalue weighted by Crippen LogP contribution is -2.47. The molecule has 0 aromatic heterocycles. The summed E-state index contributed by atoms with van der Waals surface area (Å²) in [5.74, 6) is 0.323. The van der Waals surface area contributed by atoms with Crippen LogP contribution in [0.15, 0.2) is 24.3 Å². The van der Waals surface area contributed by atoms with Gasteiger partial charge >= 0.3 is 0 Å². The predicted molar refractivity (Wildman–Crippen MR) is 71.0 cm³/mol. The molecule has 1 saturated heterocycles. The van der Waals surface area contributed by atoms with Crippen molar-refractivity contribution < 1.29 is 5.11 Å². The highest BCUT2D eigenvalue weighted by Crippen LogP contribution is 2.36. The van der Waals surface area contributed by atoms with E-state index in [-0.39, 0.29) is 0 Å². The highest BCUT2D eigenvalue weighted by atomic mass is 16.3. The SMILES string of the molecule is CCc1ccc(C2(O)CCNCC2CC)cc1. The van der Waals surface area contributed by atoms with Gasteiger partial charge in [-0.05, 0) is 36.9 Å². The molecule has 2 nitrogen and oxygen atoms in total. The van der Waals surface area contributed by atoms with E-state index in [0.29, 0.717) is 5.92 Å². The molecule has 2 rings (SSSR count). The van der Waals surface area contributed by atoms with Crippen LogP contribution in [-0.2, 0) is 12.0 Å². The van der Waals surface area contributed by atoms with Crippen LogP contribution in [0.25, 0.3) is 0 Å². The molecule has 1 fully saturated rings. The van der Waals surface area contributed by atoms with Crippen molar-refractivity contribution in [3.63, 3.8) is 0 Å². The standard InChI is InChI=1S/C15H23NO/c1-3-12-5-7-14(8-6-12)15(17)9-10-16-11-13(15)4-2/h5-8,13,16-17H,3-4,9-11H2,1-2H3. The summed E-state index contributed by atoms with van der Waals surface area (Å²) >= 11 is 0. The molecule has 2 N–H and O–H groups in total. The van der Waals surface area contributed by atoms with E-state index in [4.69, 9.17) is 0 Å². The third-order valence-corrected chi connectivity index (χ3v) is 4.10. The number of aliphatic hydroxyl groups is 1. The van der Waals surface area contributed by atoms with Crippen molar-refractivity contribution in [2.24, 2.45) is 5.92 Å².